The highest BCUT2D eigenvalue weighted by atomic mass is 16.4. The molecule has 2 rings (SSSR count). The third-order valence-electron chi connectivity index (χ3n) is 2.80. The number of carboxylic acid groups (broad SMARTS) is 2. The van der Waals surface area contributed by atoms with Crippen LogP contribution in [0.25, 0.3) is 0 Å². The predicted molar refractivity (Wildman–Crippen MR) is 95.7 cm³/mol. The van der Waals surface area contributed by atoms with Gasteiger partial charge < -0.3 is 21.7 Å². The summed E-state index contributed by atoms with van der Waals surface area (Å²) in [5.74, 6) is -2.15. The molecule has 8 nitrogen and oxygen atoms in total. The molecule has 2 aromatic rings. The van der Waals surface area contributed by atoms with Crippen molar-refractivity contribution in [2.24, 2.45) is 11.5 Å². The fourth-order valence-corrected chi connectivity index (χ4v) is 1.59. The number of aldehydes is 2. The van der Waals surface area contributed by atoms with Gasteiger partial charge in [0.1, 0.15) is 0 Å². The molecule has 0 bridgehead atoms. The Bertz CT molecular complexity index is 682. The van der Waals surface area contributed by atoms with E-state index in [0.717, 1.165) is 0 Å². The van der Waals surface area contributed by atoms with Crippen LogP contribution in [0.1, 0.15) is 41.4 Å². The van der Waals surface area contributed by atoms with Gasteiger partial charge in [0.2, 0.25) is 0 Å². The van der Waals surface area contributed by atoms with Crippen molar-refractivity contribution in [3.63, 3.8) is 0 Å². The number of carbonyl (C=O) groups excluding carboxylic acids is 2. The molecule has 0 atom stereocenters. The molecular weight excluding hydrogens is 340 g/mol. The van der Waals surface area contributed by atoms with Crippen molar-refractivity contribution in [2.75, 3.05) is 13.1 Å². The molecule has 0 amide bonds. The molecule has 0 saturated carbocycles. The van der Waals surface area contributed by atoms with Crippen molar-refractivity contribution in [2.45, 2.75) is 0 Å². The van der Waals surface area contributed by atoms with Crippen molar-refractivity contribution in [1.82, 2.24) is 0 Å². The number of nitrogens with two attached hydrogens (primary N) is 2. The van der Waals surface area contributed by atoms with Crippen LogP contribution >= 0.6 is 0 Å². The second-order valence-electron chi connectivity index (χ2n) is 4.60. The fraction of sp³-hybridized carbons (Fsp3) is 0.111. The van der Waals surface area contributed by atoms with Crippen LogP contribution in [-0.2, 0) is 0 Å². The second-order valence-corrected chi connectivity index (χ2v) is 4.60. The topological polar surface area (TPSA) is 161 Å². The van der Waals surface area contributed by atoms with Crippen molar-refractivity contribution in [3.8, 4) is 0 Å². The van der Waals surface area contributed by atoms with Gasteiger partial charge in [-0.3, -0.25) is 9.59 Å². The number of benzene rings is 2. The Morgan fingerprint density at radius 3 is 1.23 bits per heavy atom. The third-order valence-corrected chi connectivity index (χ3v) is 2.80. The van der Waals surface area contributed by atoms with Crippen LogP contribution in [0, 0.1) is 0 Å². The Balaban J connectivity index is 0.000000401. The molecule has 0 unspecified atom stereocenters. The summed E-state index contributed by atoms with van der Waals surface area (Å²) in [4.78, 5) is 41.4. The fourth-order valence-electron chi connectivity index (χ4n) is 1.59. The number of aromatic carboxylic acids is 2. The molecule has 0 radical (unpaired) electrons. The average Bonchev–Trinajstić information content (AvgIpc) is 2.68. The maximum absolute atomic E-state index is 10.4. The van der Waals surface area contributed by atoms with Gasteiger partial charge in [-0.15, -0.1) is 0 Å². The first-order chi connectivity index (χ1) is 12.4. The van der Waals surface area contributed by atoms with Gasteiger partial charge in [0.05, 0.1) is 11.1 Å². The Labute approximate surface area is 150 Å². The monoisotopic (exact) mass is 360 g/mol. The number of carbonyl (C=O) groups is 4. The molecule has 6 N–H and O–H groups in total. The summed E-state index contributed by atoms with van der Waals surface area (Å²) < 4.78 is 0. The van der Waals surface area contributed by atoms with E-state index in [-0.39, 0.29) is 22.3 Å². The van der Waals surface area contributed by atoms with Gasteiger partial charge in [-0.25, -0.2) is 9.59 Å². The van der Waals surface area contributed by atoms with E-state index in [1.807, 2.05) is 0 Å². The van der Waals surface area contributed by atoms with E-state index in [1.54, 1.807) is 24.3 Å². The predicted octanol–water partition coefficient (Wildman–Crippen LogP) is 1.30. The molecule has 2 aromatic carbocycles. The average molecular weight is 360 g/mol. The minimum absolute atomic E-state index is 0.0440. The lowest BCUT2D eigenvalue weighted by atomic mass is 10.1. The zero-order valence-electron chi connectivity index (χ0n) is 13.9. The first kappa shape index (κ1) is 22.6. The summed E-state index contributed by atoms with van der Waals surface area (Å²) >= 11 is 0. The maximum Gasteiger partial charge on any atom is 0.336 e. The second kappa shape index (κ2) is 13.0. The Hall–Kier alpha value is -3.36. The number of carboxylic acids is 2. The Morgan fingerprint density at radius 2 is 1.04 bits per heavy atom. The highest BCUT2D eigenvalue weighted by Crippen LogP contribution is 2.05. The molecule has 0 spiro atoms. The van der Waals surface area contributed by atoms with Crippen molar-refractivity contribution < 1.29 is 29.4 Å². The van der Waals surface area contributed by atoms with Crippen LogP contribution in [-0.4, -0.2) is 47.8 Å². The zero-order chi connectivity index (χ0) is 19.9. The smallest absolute Gasteiger partial charge is 0.336 e. The van der Waals surface area contributed by atoms with Crippen LogP contribution in [0.3, 0.4) is 0 Å². The molecular formula is C18H20N2O6. The summed E-state index contributed by atoms with van der Waals surface area (Å²) in [6.45, 7) is 1.19. The van der Waals surface area contributed by atoms with Gasteiger partial charge in [0.15, 0.2) is 12.6 Å². The van der Waals surface area contributed by atoms with E-state index in [1.165, 1.54) is 24.3 Å². The number of rotatable bonds is 5. The van der Waals surface area contributed by atoms with Gasteiger partial charge in [0, 0.05) is 24.2 Å². The molecule has 0 fully saturated rings. The van der Waals surface area contributed by atoms with Crippen LogP contribution < -0.4 is 11.5 Å². The van der Waals surface area contributed by atoms with Crippen LogP contribution in [0.4, 0.5) is 0 Å². The van der Waals surface area contributed by atoms with Crippen molar-refractivity contribution in [3.05, 3.63) is 70.8 Å². The van der Waals surface area contributed by atoms with E-state index >= 15 is 0 Å². The quantitative estimate of drug-likeness (QED) is 0.580. The third kappa shape index (κ3) is 7.95. The summed E-state index contributed by atoms with van der Waals surface area (Å²) in [6.07, 6.45) is 1.06. The minimum Gasteiger partial charge on any atom is -0.478 e. The van der Waals surface area contributed by atoms with Crippen LogP contribution in [0.2, 0.25) is 0 Å². The van der Waals surface area contributed by atoms with Crippen LogP contribution in [0.5, 0.6) is 0 Å². The summed E-state index contributed by atoms with van der Waals surface area (Å²) in [5.41, 5.74) is 10.3. The molecule has 0 heterocycles. The molecule has 0 saturated heterocycles. The molecule has 0 aliphatic heterocycles. The highest BCUT2D eigenvalue weighted by molar-refractivity contribution is 5.97. The standard InChI is InChI=1S/2C8H6O3.C2H8N2/c2*9-5-6-3-1-2-4-7(6)8(10)11;3-1-2-4/h2*1-5H,(H,10,11);1-4H2. The zero-order valence-corrected chi connectivity index (χ0v) is 13.9. The summed E-state index contributed by atoms with van der Waals surface area (Å²) in [6, 6.07) is 12.1. The summed E-state index contributed by atoms with van der Waals surface area (Å²) in [7, 11) is 0. The van der Waals surface area contributed by atoms with E-state index in [2.05, 4.69) is 0 Å². The summed E-state index contributed by atoms with van der Waals surface area (Å²) in [5, 5.41) is 17.1. The molecule has 0 aliphatic rings. The normalized spacial score (nSPS) is 8.85. The molecule has 0 aromatic heterocycles. The molecule has 138 valence electrons. The lowest BCUT2D eigenvalue weighted by molar-refractivity contribution is 0.0684. The Kier molecular flexibility index (Phi) is 11.3. The lowest BCUT2D eigenvalue weighted by Crippen LogP contribution is -2.11. The van der Waals surface area contributed by atoms with E-state index < -0.39 is 11.9 Å². The van der Waals surface area contributed by atoms with Gasteiger partial charge in [0.25, 0.3) is 0 Å². The number of hydrogen-bond donors (Lipinski definition) is 4. The first-order valence-corrected chi connectivity index (χ1v) is 7.38. The van der Waals surface area contributed by atoms with Crippen LogP contribution in [0.15, 0.2) is 48.5 Å². The highest BCUT2D eigenvalue weighted by Gasteiger charge is 2.07. The van der Waals surface area contributed by atoms with Crippen molar-refractivity contribution >= 4 is 24.5 Å². The number of hydrogen-bond acceptors (Lipinski definition) is 6. The molecule has 0 aliphatic carbocycles. The van der Waals surface area contributed by atoms with E-state index in [9.17, 15) is 19.2 Å². The van der Waals surface area contributed by atoms with Crippen molar-refractivity contribution in [1.29, 1.82) is 0 Å². The largest absolute Gasteiger partial charge is 0.478 e. The minimum atomic E-state index is -1.08. The van der Waals surface area contributed by atoms with Gasteiger partial charge >= 0.3 is 11.9 Å². The SMILES string of the molecule is NCCN.O=Cc1ccccc1C(=O)O.O=Cc1ccccc1C(=O)O. The maximum atomic E-state index is 10.4. The van der Waals surface area contributed by atoms with E-state index in [4.69, 9.17) is 21.7 Å². The van der Waals surface area contributed by atoms with Gasteiger partial charge in [-0.1, -0.05) is 36.4 Å². The van der Waals surface area contributed by atoms with E-state index in [0.29, 0.717) is 25.7 Å². The van der Waals surface area contributed by atoms with Gasteiger partial charge in [-0.2, -0.15) is 0 Å². The lowest BCUT2D eigenvalue weighted by Gasteiger charge is -1.95. The molecule has 8 heteroatoms. The van der Waals surface area contributed by atoms with Gasteiger partial charge in [-0.05, 0) is 12.1 Å². The Morgan fingerprint density at radius 1 is 0.731 bits per heavy atom. The molecule has 26 heavy (non-hydrogen) atoms. The first-order valence-electron chi connectivity index (χ1n) is 7.38.